The Kier molecular flexibility index (Phi) is 3.63. The molecule has 21 heavy (non-hydrogen) atoms. The maximum Gasteiger partial charge on any atom is 0.193 e. The maximum atomic E-state index is 12.7. The minimum atomic E-state index is -0.0400. The average molecular weight is 297 g/mol. The second-order valence-corrected chi connectivity index (χ2v) is 5.11. The summed E-state index contributed by atoms with van der Waals surface area (Å²) in [6.45, 7) is 0. The van der Waals surface area contributed by atoms with Gasteiger partial charge >= 0.3 is 0 Å². The maximum absolute atomic E-state index is 12.7. The number of carbonyl (C=O) groups excluding carboxylic acids is 1. The highest BCUT2D eigenvalue weighted by molar-refractivity contribution is 6.36. The quantitative estimate of drug-likeness (QED) is 0.653. The fraction of sp³-hybridized carbons (Fsp3) is 0.0556. The Balaban J connectivity index is 2.16. The van der Waals surface area contributed by atoms with Crippen molar-refractivity contribution in [2.24, 2.45) is 0 Å². The van der Waals surface area contributed by atoms with Crippen LogP contribution in [-0.4, -0.2) is 12.9 Å². The van der Waals surface area contributed by atoms with Crippen molar-refractivity contribution in [3.05, 3.63) is 76.8 Å². The summed E-state index contributed by atoms with van der Waals surface area (Å²) in [5.41, 5.74) is 1.24. The molecule has 0 saturated carbocycles. The Bertz CT molecular complexity index is 824. The van der Waals surface area contributed by atoms with Gasteiger partial charge in [-0.15, -0.1) is 0 Å². The normalized spacial score (nSPS) is 10.6. The number of fused-ring (bicyclic) bond motifs is 1. The molecule has 3 aromatic rings. The molecule has 0 aliphatic rings. The minimum Gasteiger partial charge on any atom is -0.497 e. The SMILES string of the molecule is COc1cccc(C(=O)c2ccc(Cl)c3ccccc23)c1. The van der Waals surface area contributed by atoms with Crippen LogP contribution in [0.25, 0.3) is 10.8 Å². The summed E-state index contributed by atoms with van der Waals surface area (Å²) in [5, 5.41) is 2.39. The predicted molar refractivity (Wildman–Crippen MR) is 85.4 cm³/mol. The number of rotatable bonds is 3. The topological polar surface area (TPSA) is 26.3 Å². The highest BCUT2D eigenvalue weighted by Crippen LogP contribution is 2.28. The second kappa shape index (κ2) is 5.58. The third-order valence-corrected chi connectivity index (χ3v) is 3.78. The zero-order valence-corrected chi connectivity index (χ0v) is 12.2. The lowest BCUT2D eigenvalue weighted by atomic mass is 9.97. The summed E-state index contributed by atoms with van der Waals surface area (Å²) < 4.78 is 5.17. The van der Waals surface area contributed by atoms with Crippen molar-refractivity contribution in [2.45, 2.75) is 0 Å². The molecule has 0 saturated heterocycles. The van der Waals surface area contributed by atoms with Crippen LogP contribution < -0.4 is 4.74 Å². The molecule has 0 bridgehead atoms. The summed E-state index contributed by atoms with van der Waals surface area (Å²) in [4.78, 5) is 12.7. The van der Waals surface area contributed by atoms with Crippen molar-refractivity contribution in [1.82, 2.24) is 0 Å². The standard InChI is InChI=1S/C18H13ClO2/c1-21-13-6-4-5-12(11-13)18(20)16-9-10-17(19)15-8-3-2-7-14(15)16/h2-11H,1H3. The fourth-order valence-corrected chi connectivity index (χ4v) is 2.61. The lowest BCUT2D eigenvalue weighted by molar-refractivity contribution is 0.104. The zero-order chi connectivity index (χ0) is 14.8. The van der Waals surface area contributed by atoms with Crippen LogP contribution in [0.15, 0.2) is 60.7 Å². The van der Waals surface area contributed by atoms with Gasteiger partial charge in [0.05, 0.1) is 7.11 Å². The molecule has 3 aromatic carbocycles. The van der Waals surface area contributed by atoms with E-state index in [0.717, 1.165) is 10.8 Å². The number of ketones is 1. The molecular formula is C18H13ClO2. The van der Waals surface area contributed by atoms with E-state index in [2.05, 4.69) is 0 Å². The van der Waals surface area contributed by atoms with Crippen LogP contribution >= 0.6 is 11.6 Å². The van der Waals surface area contributed by atoms with Crippen molar-refractivity contribution in [2.75, 3.05) is 7.11 Å². The molecule has 0 unspecified atom stereocenters. The molecular weight excluding hydrogens is 284 g/mol. The first-order chi connectivity index (χ1) is 10.2. The van der Waals surface area contributed by atoms with Crippen molar-refractivity contribution in [3.63, 3.8) is 0 Å². The van der Waals surface area contributed by atoms with E-state index in [1.165, 1.54) is 0 Å². The summed E-state index contributed by atoms with van der Waals surface area (Å²) >= 11 is 6.20. The van der Waals surface area contributed by atoms with Crippen molar-refractivity contribution >= 4 is 28.2 Å². The number of methoxy groups -OCH3 is 1. The van der Waals surface area contributed by atoms with Gasteiger partial charge in [0.2, 0.25) is 0 Å². The number of hydrogen-bond donors (Lipinski definition) is 0. The van der Waals surface area contributed by atoms with E-state index >= 15 is 0 Å². The molecule has 0 aromatic heterocycles. The molecule has 104 valence electrons. The van der Waals surface area contributed by atoms with Crippen LogP contribution in [0.1, 0.15) is 15.9 Å². The van der Waals surface area contributed by atoms with E-state index < -0.39 is 0 Å². The van der Waals surface area contributed by atoms with Gasteiger partial charge in [-0.05, 0) is 29.7 Å². The Morgan fingerprint density at radius 2 is 1.71 bits per heavy atom. The highest BCUT2D eigenvalue weighted by atomic mass is 35.5. The van der Waals surface area contributed by atoms with E-state index in [1.54, 1.807) is 31.4 Å². The van der Waals surface area contributed by atoms with Gasteiger partial charge in [0, 0.05) is 21.5 Å². The van der Waals surface area contributed by atoms with Crippen molar-refractivity contribution in [1.29, 1.82) is 0 Å². The summed E-state index contributed by atoms with van der Waals surface area (Å²) in [6, 6.07) is 18.3. The van der Waals surface area contributed by atoms with E-state index in [4.69, 9.17) is 16.3 Å². The van der Waals surface area contributed by atoms with Gasteiger partial charge in [0.1, 0.15) is 5.75 Å². The third kappa shape index (κ3) is 2.50. The first-order valence-electron chi connectivity index (χ1n) is 6.56. The van der Waals surface area contributed by atoms with Crippen molar-refractivity contribution in [3.8, 4) is 5.75 Å². The molecule has 0 aliphatic heterocycles. The van der Waals surface area contributed by atoms with Gasteiger partial charge < -0.3 is 4.74 Å². The van der Waals surface area contributed by atoms with E-state index in [9.17, 15) is 4.79 Å². The largest absolute Gasteiger partial charge is 0.497 e. The monoisotopic (exact) mass is 296 g/mol. The van der Waals surface area contributed by atoms with Gasteiger partial charge in [0.25, 0.3) is 0 Å². The second-order valence-electron chi connectivity index (χ2n) is 4.70. The predicted octanol–water partition coefficient (Wildman–Crippen LogP) is 4.73. The molecule has 0 heterocycles. The summed E-state index contributed by atoms with van der Waals surface area (Å²) in [7, 11) is 1.58. The van der Waals surface area contributed by atoms with Gasteiger partial charge in [-0.3, -0.25) is 4.79 Å². The first-order valence-corrected chi connectivity index (χ1v) is 6.94. The third-order valence-electron chi connectivity index (χ3n) is 3.45. The lowest BCUT2D eigenvalue weighted by Gasteiger charge is -2.08. The van der Waals surface area contributed by atoms with E-state index in [1.807, 2.05) is 36.4 Å². The molecule has 0 aliphatic carbocycles. The number of hydrogen-bond acceptors (Lipinski definition) is 2. The van der Waals surface area contributed by atoms with Crippen LogP contribution in [0, 0.1) is 0 Å². The average Bonchev–Trinajstić information content (AvgIpc) is 2.55. The molecule has 0 radical (unpaired) electrons. The molecule has 3 rings (SSSR count). The van der Waals surface area contributed by atoms with Crippen LogP contribution in [0.4, 0.5) is 0 Å². The fourth-order valence-electron chi connectivity index (χ4n) is 2.38. The molecule has 0 atom stereocenters. The molecule has 2 nitrogen and oxygen atoms in total. The van der Waals surface area contributed by atoms with E-state index in [0.29, 0.717) is 21.9 Å². The lowest BCUT2D eigenvalue weighted by Crippen LogP contribution is -2.02. The number of benzene rings is 3. The van der Waals surface area contributed by atoms with Crippen LogP contribution in [0.3, 0.4) is 0 Å². The van der Waals surface area contributed by atoms with Crippen LogP contribution in [0.5, 0.6) is 5.75 Å². The summed E-state index contributed by atoms with van der Waals surface area (Å²) in [5.74, 6) is 0.626. The number of halogens is 1. The van der Waals surface area contributed by atoms with Gasteiger partial charge in [-0.2, -0.15) is 0 Å². The molecule has 0 spiro atoms. The molecule has 0 amide bonds. The van der Waals surface area contributed by atoms with E-state index in [-0.39, 0.29) is 5.78 Å². The Labute approximate surface area is 127 Å². The highest BCUT2D eigenvalue weighted by Gasteiger charge is 2.14. The smallest absolute Gasteiger partial charge is 0.193 e. The van der Waals surface area contributed by atoms with Crippen molar-refractivity contribution < 1.29 is 9.53 Å². The molecule has 0 fully saturated rings. The Morgan fingerprint density at radius 1 is 0.952 bits per heavy atom. The first kappa shape index (κ1) is 13.7. The zero-order valence-electron chi connectivity index (χ0n) is 11.5. The number of carbonyl (C=O) groups is 1. The summed E-state index contributed by atoms with van der Waals surface area (Å²) in [6.07, 6.45) is 0. The Hall–Kier alpha value is -2.32. The Morgan fingerprint density at radius 3 is 2.48 bits per heavy atom. The van der Waals surface area contributed by atoms with Gasteiger partial charge in [-0.1, -0.05) is 48.0 Å². The minimum absolute atomic E-state index is 0.0400. The van der Waals surface area contributed by atoms with Crippen LogP contribution in [-0.2, 0) is 0 Å². The molecule has 0 N–H and O–H groups in total. The van der Waals surface area contributed by atoms with Crippen LogP contribution in [0.2, 0.25) is 5.02 Å². The molecule has 3 heteroatoms. The number of ether oxygens (including phenoxy) is 1. The van der Waals surface area contributed by atoms with Gasteiger partial charge in [0.15, 0.2) is 5.78 Å². The van der Waals surface area contributed by atoms with Gasteiger partial charge in [-0.25, -0.2) is 0 Å².